The molecular weight excluding hydrogens is 568 g/mol. The number of hydrogen-bond donors (Lipinski definition) is 2. The number of rotatable bonds is 9. The highest BCUT2D eigenvalue weighted by Crippen LogP contribution is 2.31. The lowest BCUT2D eigenvalue weighted by Crippen LogP contribution is -2.43. The van der Waals surface area contributed by atoms with Gasteiger partial charge in [-0.3, -0.25) is 0 Å². The molecule has 11 heteroatoms. The van der Waals surface area contributed by atoms with E-state index in [2.05, 4.69) is 37.6 Å². The van der Waals surface area contributed by atoms with Gasteiger partial charge in [-0.2, -0.15) is 0 Å². The van der Waals surface area contributed by atoms with Gasteiger partial charge in [0.15, 0.2) is 5.71 Å². The Hall–Kier alpha value is -3.94. The van der Waals surface area contributed by atoms with E-state index in [0.29, 0.717) is 53.4 Å². The van der Waals surface area contributed by atoms with Crippen LogP contribution < -0.4 is 15.4 Å². The predicted octanol–water partition coefficient (Wildman–Crippen LogP) is 5.90. The van der Waals surface area contributed by atoms with Crippen LogP contribution >= 0.6 is 24.0 Å². The highest BCUT2D eigenvalue weighted by Gasteiger charge is 2.14. The minimum atomic E-state index is -0.313. The number of nitrogens with one attached hydrogen (secondary N) is 2. The maximum atomic E-state index is 13.4. The van der Waals surface area contributed by atoms with Crippen molar-refractivity contribution in [3.05, 3.63) is 89.0 Å². The Balaban J connectivity index is 0.00000387. The Morgan fingerprint density at radius 1 is 1.20 bits per heavy atom. The first-order valence-electron chi connectivity index (χ1n) is 12.7. The number of nitrogens with zero attached hydrogens (tertiary/aromatic N) is 3. The molecule has 2 heterocycles. The molecule has 1 saturated heterocycles. The van der Waals surface area contributed by atoms with Gasteiger partial charge in [-0.1, -0.05) is 34.8 Å². The number of fused-ring (bicyclic) bond motifs is 1. The van der Waals surface area contributed by atoms with Gasteiger partial charge in [0, 0.05) is 23.2 Å². The highest BCUT2D eigenvalue weighted by atomic mass is 35.5. The Labute approximate surface area is 248 Å². The Kier molecular flexibility index (Phi) is 10.7. The lowest BCUT2D eigenvalue weighted by molar-refractivity contribution is 0.0312. The fourth-order valence-corrected chi connectivity index (χ4v) is 4.34. The zero-order chi connectivity index (χ0) is 27.7. The molecule has 1 aromatic heterocycles. The summed E-state index contributed by atoms with van der Waals surface area (Å²) in [5, 5.41) is 12.1. The van der Waals surface area contributed by atoms with Crippen LogP contribution in [0.5, 0.6) is 5.75 Å². The Morgan fingerprint density at radius 3 is 2.88 bits per heavy atom. The first-order chi connectivity index (χ1) is 19.6. The summed E-state index contributed by atoms with van der Waals surface area (Å²) in [6.07, 6.45) is 1.49. The van der Waals surface area contributed by atoms with Crippen molar-refractivity contribution >= 4 is 52.1 Å². The van der Waals surface area contributed by atoms with Gasteiger partial charge in [-0.25, -0.2) is 14.4 Å². The van der Waals surface area contributed by atoms with Gasteiger partial charge in [0.1, 0.15) is 36.9 Å². The first-order valence-corrected chi connectivity index (χ1v) is 13.1. The second-order valence-corrected chi connectivity index (χ2v) is 9.39. The van der Waals surface area contributed by atoms with Gasteiger partial charge in [0.05, 0.1) is 29.8 Å². The number of hydrogen-bond acceptors (Lipinski definition) is 8. The van der Waals surface area contributed by atoms with E-state index in [0.717, 1.165) is 23.0 Å². The third-order valence-corrected chi connectivity index (χ3v) is 6.36. The van der Waals surface area contributed by atoms with Gasteiger partial charge in [-0.05, 0) is 66.9 Å². The predicted molar refractivity (Wildman–Crippen MR) is 161 cm³/mol. The second kappa shape index (κ2) is 14.6. The molecule has 0 bridgehead atoms. The van der Waals surface area contributed by atoms with Crippen molar-refractivity contribution in [1.29, 1.82) is 0 Å². The minimum Gasteiger partial charge on any atom is -0.487 e. The maximum absolute atomic E-state index is 13.4. The third kappa shape index (κ3) is 8.06. The molecule has 5 rings (SSSR count). The van der Waals surface area contributed by atoms with E-state index in [4.69, 9.17) is 25.9 Å². The molecule has 0 amide bonds. The molecule has 4 aromatic rings. The lowest BCUT2D eigenvalue weighted by Gasteiger charge is -2.22. The number of anilines is 2. The molecule has 3 aromatic carbocycles. The van der Waals surface area contributed by atoms with E-state index >= 15 is 0 Å². The summed E-state index contributed by atoms with van der Waals surface area (Å²) in [6, 6.07) is 17.4. The van der Waals surface area contributed by atoms with E-state index in [1.807, 2.05) is 24.3 Å². The van der Waals surface area contributed by atoms with Crippen LogP contribution in [0.3, 0.4) is 0 Å². The quantitative estimate of drug-likeness (QED) is 0.141. The van der Waals surface area contributed by atoms with Gasteiger partial charge in [0.2, 0.25) is 0 Å². The summed E-state index contributed by atoms with van der Waals surface area (Å²) in [7, 11) is 0. The van der Waals surface area contributed by atoms with Crippen LogP contribution in [0, 0.1) is 17.7 Å². The number of oxime groups is 1. The molecule has 1 fully saturated rings. The van der Waals surface area contributed by atoms with Crippen molar-refractivity contribution in [3.63, 3.8) is 0 Å². The molecule has 1 aliphatic heterocycles. The largest absolute Gasteiger partial charge is 0.487 e. The number of halogens is 3. The van der Waals surface area contributed by atoms with E-state index < -0.39 is 0 Å². The van der Waals surface area contributed by atoms with Gasteiger partial charge < -0.3 is 24.9 Å². The van der Waals surface area contributed by atoms with Crippen LogP contribution in [0.2, 0.25) is 5.02 Å². The maximum Gasteiger partial charge on any atom is 0.159 e. The average Bonchev–Trinajstić information content (AvgIpc) is 2.97. The summed E-state index contributed by atoms with van der Waals surface area (Å²) >= 11 is 6.49. The summed E-state index contributed by atoms with van der Waals surface area (Å²) in [5.41, 5.74) is 3.43. The monoisotopic (exact) mass is 595 g/mol. The summed E-state index contributed by atoms with van der Waals surface area (Å²) in [4.78, 5) is 14.4. The average molecular weight is 596 g/mol. The Bertz CT molecular complexity index is 1590. The zero-order valence-electron chi connectivity index (χ0n) is 22.2. The molecule has 1 atom stereocenters. The van der Waals surface area contributed by atoms with E-state index in [1.54, 1.807) is 31.2 Å². The van der Waals surface area contributed by atoms with E-state index in [9.17, 15) is 4.39 Å². The van der Waals surface area contributed by atoms with Crippen LogP contribution in [0.25, 0.3) is 10.9 Å². The Morgan fingerprint density at radius 2 is 2.10 bits per heavy atom. The van der Waals surface area contributed by atoms with E-state index in [-0.39, 0.29) is 30.9 Å². The van der Waals surface area contributed by atoms with Crippen LogP contribution in [-0.4, -0.2) is 48.1 Å². The minimum absolute atomic E-state index is 0. The highest BCUT2D eigenvalue weighted by molar-refractivity contribution is 6.32. The second-order valence-electron chi connectivity index (χ2n) is 8.98. The topological polar surface area (TPSA) is 89.9 Å². The lowest BCUT2D eigenvalue weighted by atomic mass is 10.1. The SMILES string of the molecule is CC#CC(=NOCC1COCCN1)c1ccc2ncnc(Nc3ccc(OCc4cccc(F)c4)c(Cl)c3)c2c1.Cl. The van der Waals surface area contributed by atoms with Gasteiger partial charge >= 0.3 is 0 Å². The van der Waals surface area contributed by atoms with Crippen molar-refractivity contribution in [2.24, 2.45) is 5.16 Å². The molecule has 212 valence electrons. The van der Waals surface area contributed by atoms with Crippen LogP contribution in [-0.2, 0) is 16.2 Å². The number of aromatic nitrogens is 2. The summed E-state index contributed by atoms with van der Waals surface area (Å²) < 4.78 is 24.7. The first kappa shape index (κ1) is 30.0. The van der Waals surface area contributed by atoms with E-state index in [1.165, 1.54) is 18.5 Å². The number of benzene rings is 3. The van der Waals surface area contributed by atoms with Crippen LogP contribution in [0.4, 0.5) is 15.9 Å². The molecule has 8 nitrogen and oxygen atoms in total. The van der Waals surface area contributed by atoms with Crippen molar-refractivity contribution < 1.29 is 18.7 Å². The van der Waals surface area contributed by atoms with Crippen molar-refractivity contribution in [2.75, 3.05) is 31.7 Å². The molecular formula is C30H28Cl2FN5O3. The van der Waals surface area contributed by atoms with Crippen molar-refractivity contribution in [1.82, 2.24) is 15.3 Å². The van der Waals surface area contributed by atoms with Crippen molar-refractivity contribution in [2.45, 2.75) is 19.6 Å². The number of ether oxygens (including phenoxy) is 2. The van der Waals surface area contributed by atoms with Crippen LogP contribution in [0.1, 0.15) is 18.1 Å². The number of morpholine rings is 1. The summed E-state index contributed by atoms with van der Waals surface area (Å²) in [5.74, 6) is 6.68. The molecule has 0 saturated carbocycles. The molecule has 0 radical (unpaired) electrons. The van der Waals surface area contributed by atoms with Gasteiger partial charge in [0.25, 0.3) is 0 Å². The molecule has 2 N–H and O–H groups in total. The fourth-order valence-electron chi connectivity index (χ4n) is 4.11. The standard InChI is InChI=1S/C30H27ClFN5O3.ClH/c1-2-4-27(37-40-18-24-17-38-12-11-33-24)21-7-9-28-25(14-21)30(35-19-34-28)36-23-8-10-29(26(31)15-23)39-16-20-5-3-6-22(32)13-20;/h3,5-10,13-15,19,24,33H,11-12,16-18H2,1H3,(H,34,35,36);1H. The molecule has 41 heavy (non-hydrogen) atoms. The molecule has 1 aliphatic rings. The zero-order valence-corrected chi connectivity index (χ0v) is 23.8. The van der Waals surface area contributed by atoms with Crippen LogP contribution in [0.15, 0.2) is 72.1 Å². The fraction of sp³-hybridized carbons (Fsp3) is 0.233. The molecule has 0 aliphatic carbocycles. The normalized spacial score (nSPS) is 14.9. The summed E-state index contributed by atoms with van der Waals surface area (Å²) in [6.45, 7) is 4.39. The molecule has 0 spiro atoms. The smallest absolute Gasteiger partial charge is 0.159 e. The van der Waals surface area contributed by atoms with Crippen molar-refractivity contribution in [3.8, 4) is 17.6 Å². The third-order valence-electron chi connectivity index (χ3n) is 6.06. The van der Waals surface area contributed by atoms with Gasteiger partial charge in [-0.15, -0.1) is 12.4 Å². The molecule has 1 unspecified atom stereocenters.